The van der Waals surface area contributed by atoms with Crippen molar-refractivity contribution in [3.8, 4) is 11.8 Å². The van der Waals surface area contributed by atoms with Crippen LogP contribution in [0.25, 0.3) is 0 Å². The van der Waals surface area contributed by atoms with Crippen LogP contribution in [-0.2, 0) is 16.3 Å². The monoisotopic (exact) mass is 446 g/mol. The van der Waals surface area contributed by atoms with Gasteiger partial charge in [-0.3, -0.25) is 4.90 Å². The Balaban J connectivity index is 1.56. The molecule has 0 aromatic heterocycles. The van der Waals surface area contributed by atoms with E-state index >= 15 is 0 Å². The molecule has 0 aliphatic carbocycles. The Labute approximate surface area is 184 Å². The van der Waals surface area contributed by atoms with Gasteiger partial charge in [-0.25, -0.2) is 8.42 Å². The molecule has 1 fully saturated rings. The van der Waals surface area contributed by atoms with Crippen LogP contribution in [0.15, 0.2) is 47.4 Å². The van der Waals surface area contributed by atoms with Crippen LogP contribution in [0.1, 0.15) is 31.4 Å². The fourth-order valence-corrected chi connectivity index (χ4v) is 5.08. The summed E-state index contributed by atoms with van der Waals surface area (Å²) in [6.07, 6.45) is 3.08. The molecule has 1 aliphatic rings. The molecule has 2 aromatic rings. The molecule has 0 N–H and O–H groups in total. The second kappa shape index (κ2) is 9.38. The molecule has 1 aliphatic heterocycles. The summed E-state index contributed by atoms with van der Waals surface area (Å²) in [6, 6.07) is 15.0. The summed E-state index contributed by atoms with van der Waals surface area (Å²) in [7, 11) is -3.20. The van der Waals surface area contributed by atoms with Crippen LogP contribution in [0.3, 0.4) is 0 Å². The van der Waals surface area contributed by atoms with Gasteiger partial charge in [0.25, 0.3) is 0 Å². The van der Waals surface area contributed by atoms with E-state index in [4.69, 9.17) is 21.6 Å². The summed E-state index contributed by atoms with van der Waals surface area (Å²) in [5.41, 5.74) is 1.66. The minimum Gasteiger partial charge on any atom is -0.493 e. The van der Waals surface area contributed by atoms with Crippen LogP contribution in [0.2, 0.25) is 5.02 Å². The molecule has 3 rings (SSSR count). The first kappa shape index (κ1) is 22.6. The molecule has 3 unspecified atom stereocenters. The lowest BCUT2D eigenvalue weighted by Crippen LogP contribution is -2.37. The second-order valence-electron chi connectivity index (χ2n) is 8.22. The van der Waals surface area contributed by atoms with Crippen molar-refractivity contribution >= 4 is 21.4 Å². The summed E-state index contributed by atoms with van der Waals surface area (Å²) < 4.78 is 29.0. The second-order valence-corrected chi connectivity index (χ2v) is 10.7. The van der Waals surface area contributed by atoms with Crippen LogP contribution in [0, 0.1) is 17.2 Å². The van der Waals surface area contributed by atoms with Crippen molar-refractivity contribution in [2.24, 2.45) is 5.92 Å². The predicted molar refractivity (Wildman–Crippen MR) is 119 cm³/mol. The highest BCUT2D eigenvalue weighted by molar-refractivity contribution is 7.90. The van der Waals surface area contributed by atoms with Gasteiger partial charge in [0.2, 0.25) is 0 Å². The number of rotatable bonds is 7. The van der Waals surface area contributed by atoms with Crippen molar-refractivity contribution in [2.45, 2.75) is 43.7 Å². The van der Waals surface area contributed by atoms with E-state index in [0.29, 0.717) is 45.8 Å². The fourth-order valence-electron chi connectivity index (χ4n) is 4.19. The van der Waals surface area contributed by atoms with Gasteiger partial charge in [0.05, 0.1) is 23.1 Å². The molecule has 2 aromatic carbocycles. The van der Waals surface area contributed by atoms with Gasteiger partial charge in [-0.2, -0.15) is 5.26 Å². The maximum atomic E-state index is 11.6. The normalized spacial score (nSPS) is 20.6. The molecule has 0 saturated carbocycles. The van der Waals surface area contributed by atoms with Gasteiger partial charge in [-0.05, 0) is 74.7 Å². The molecule has 0 radical (unpaired) electrons. The van der Waals surface area contributed by atoms with Crippen molar-refractivity contribution in [1.29, 1.82) is 5.26 Å². The highest BCUT2D eigenvalue weighted by atomic mass is 35.5. The lowest BCUT2D eigenvalue weighted by Gasteiger charge is -2.29. The van der Waals surface area contributed by atoms with E-state index < -0.39 is 9.84 Å². The van der Waals surface area contributed by atoms with E-state index in [-0.39, 0.29) is 0 Å². The average Bonchev–Trinajstić information content (AvgIpc) is 3.06. The van der Waals surface area contributed by atoms with Crippen LogP contribution in [0.5, 0.6) is 5.75 Å². The molecule has 160 valence electrons. The van der Waals surface area contributed by atoms with Gasteiger partial charge >= 0.3 is 0 Å². The highest BCUT2D eigenvalue weighted by Gasteiger charge is 2.32. The Kier molecular flexibility index (Phi) is 7.07. The van der Waals surface area contributed by atoms with Crippen LogP contribution < -0.4 is 4.74 Å². The average molecular weight is 447 g/mol. The van der Waals surface area contributed by atoms with E-state index in [1.54, 1.807) is 30.3 Å². The number of ether oxygens (including phenoxy) is 1. The molecule has 3 atom stereocenters. The van der Waals surface area contributed by atoms with Crippen molar-refractivity contribution in [1.82, 2.24) is 4.90 Å². The van der Waals surface area contributed by atoms with E-state index in [2.05, 4.69) is 24.8 Å². The maximum Gasteiger partial charge on any atom is 0.175 e. The number of hydrogen-bond acceptors (Lipinski definition) is 5. The number of likely N-dealkylation sites (tertiary alicyclic amines) is 1. The SMILES string of the molecule is CC(Cc1cc(Cl)cc(C#N)c1)N1CC(COc2ccc(S(C)(=O)=O)cc2)CC1C. The molecule has 5 nitrogen and oxygen atoms in total. The van der Waals surface area contributed by atoms with Crippen molar-refractivity contribution in [3.63, 3.8) is 0 Å². The molecule has 0 amide bonds. The number of halogens is 1. The van der Waals surface area contributed by atoms with Gasteiger partial charge in [-0.15, -0.1) is 0 Å². The van der Waals surface area contributed by atoms with Crippen LogP contribution in [-0.4, -0.2) is 44.8 Å². The first-order valence-corrected chi connectivity index (χ1v) is 12.3. The summed E-state index contributed by atoms with van der Waals surface area (Å²) in [5.74, 6) is 1.09. The molecule has 7 heteroatoms. The number of nitrogens with zero attached hydrogens (tertiary/aromatic N) is 2. The lowest BCUT2D eigenvalue weighted by atomic mass is 10.0. The third-order valence-electron chi connectivity index (χ3n) is 5.63. The smallest absolute Gasteiger partial charge is 0.175 e. The zero-order chi connectivity index (χ0) is 21.9. The third-order valence-corrected chi connectivity index (χ3v) is 6.98. The number of nitriles is 1. The lowest BCUT2D eigenvalue weighted by molar-refractivity contribution is 0.188. The molecule has 1 heterocycles. The van der Waals surface area contributed by atoms with Crippen LogP contribution >= 0.6 is 11.6 Å². The van der Waals surface area contributed by atoms with Gasteiger partial charge in [0, 0.05) is 35.8 Å². The standard InChI is InChI=1S/C23H27ClN2O3S/c1-16(8-18-10-19(13-25)12-21(24)11-18)26-14-20(9-17(26)2)15-29-22-4-6-23(7-5-22)30(3,27)28/h4-7,10-12,16-17,20H,8-9,14-15H2,1-3H3. The predicted octanol–water partition coefficient (Wildman–Crippen LogP) is 4.34. The van der Waals surface area contributed by atoms with Crippen LogP contribution in [0.4, 0.5) is 0 Å². The molecular formula is C23H27ClN2O3S. The fraction of sp³-hybridized carbons (Fsp3) is 0.435. The zero-order valence-electron chi connectivity index (χ0n) is 17.5. The first-order valence-electron chi connectivity index (χ1n) is 10.0. The Morgan fingerprint density at radius 2 is 1.97 bits per heavy atom. The molecule has 0 spiro atoms. The Bertz CT molecular complexity index is 1030. The number of hydrogen-bond donors (Lipinski definition) is 0. The van der Waals surface area contributed by atoms with E-state index in [1.165, 1.54) is 6.26 Å². The Morgan fingerprint density at radius 3 is 2.60 bits per heavy atom. The van der Waals surface area contributed by atoms with Gasteiger partial charge in [0.1, 0.15) is 5.75 Å². The quantitative estimate of drug-likeness (QED) is 0.632. The largest absolute Gasteiger partial charge is 0.493 e. The third kappa shape index (κ3) is 5.75. The summed E-state index contributed by atoms with van der Waals surface area (Å²) in [4.78, 5) is 2.78. The minimum atomic E-state index is -3.20. The Hall–Kier alpha value is -2.07. The van der Waals surface area contributed by atoms with Crippen molar-refractivity contribution < 1.29 is 13.2 Å². The summed E-state index contributed by atoms with van der Waals surface area (Å²) >= 11 is 6.14. The topological polar surface area (TPSA) is 70.4 Å². The van der Waals surface area contributed by atoms with Gasteiger partial charge in [-0.1, -0.05) is 11.6 Å². The molecule has 1 saturated heterocycles. The first-order chi connectivity index (χ1) is 14.2. The molecule has 30 heavy (non-hydrogen) atoms. The van der Waals surface area contributed by atoms with E-state index in [0.717, 1.165) is 24.9 Å². The summed E-state index contributed by atoms with van der Waals surface area (Å²) in [6.45, 7) is 5.98. The van der Waals surface area contributed by atoms with Crippen molar-refractivity contribution in [3.05, 3.63) is 58.6 Å². The highest BCUT2D eigenvalue weighted by Crippen LogP contribution is 2.28. The van der Waals surface area contributed by atoms with E-state index in [1.807, 2.05) is 12.1 Å². The van der Waals surface area contributed by atoms with Crippen molar-refractivity contribution in [2.75, 3.05) is 19.4 Å². The molecular weight excluding hydrogens is 420 g/mol. The number of sulfone groups is 1. The Morgan fingerprint density at radius 1 is 1.27 bits per heavy atom. The number of benzene rings is 2. The van der Waals surface area contributed by atoms with E-state index in [9.17, 15) is 8.42 Å². The minimum absolute atomic E-state index is 0.296. The zero-order valence-corrected chi connectivity index (χ0v) is 19.1. The van der Waals surface area contributed by atoms with Gasteiger partial charge < -0.3 is 4.74 Å². The maximum absolute atomic E-state index is 11.6. The molecule has 0 bridgehead atoms. The van der Waals surface area contributed by atoms with Gasteiger partial charge in [0.15, 0.2) is 9.84 Å². The summed E-state index contributed by atoms with van der Waals surface area (Å²) in [5, 5.41) is 9.75.